The van der Waals surface area contributed by atoms with E-state index in [-0.39, 0.29) is 15.9 Å². The van der Waals surface area contributed by atoms with Crippen molar-refractivity contribution < 1.29 is 14.3 Å². The highest BCUT2D eigenvalue weighted by Crippen LogP contribution is 2.18. The summed E-state index contributed by atoms with van der Waals surface area (Å²) in [5.41, 5.74) is 0.176. The second-order valence-electron chi connectivity index (χ2n) is 2.73. The summed E-state index contributed by atoms with van der Waals surface area (Å²) in [5.74, 6) is -2.10. The van der Waals surface area contributed by atoms with Gasteiger partial charge in [-0.1, -0.05) is 0 Å². The molecular formula is C8H5FN2O2S. The Morgan fingerprint density at radius 2 is 2.14 bits per heavy atom. The first kappa shape index (κ1) is 8.89. The molecule has 0 aliphatic heterocycles. The van der Waals surface area contributed by atoms with Crippen molar-refractivity contribution in [3.8, 4) is 0 Å². The molecule has 0 saturated carbocycles. The summed E-state index contributed by atoms with van der Waals surface area (Å²) in [6.07, 6.45) is 0. The van der Waals surface area contributed by atoms with E-state index in [4.69, 9.17) is 17.3 Å². The third-order valence-electron chi connectivity index (χ3n) is 1.86. The molecule has 0 saturated heterocycles. The predicted octanol–water partition coefficient (Wildman–Crippen LogP) is 2.06. The fourth-order valence-electron chi connectivity index (χ4n) is 1.23. The van der Waals surface area contributed by atoms with Gasteiger partial charge in [-0.3, -0.25) is 0 Å². The van der Waals surface area contributed by atoms with E-state index in [1.807, 2.05) is 0 Å². The average molecular weight is 212 g/mol. The zero-order valence-corrected chi connectivity index (χ0v) is 7.61. The van der Waals surface area contributed by atoms with E-state index in [0.29, 0.717) is 5.52 Å². The Kier molecular flexibility index (Phi) is 1.85. The molecule has 72 valence electrons. The maximum atomic E-state index is 13.5. The summed E-state index contributed by atoms with van der Waals surface area (Å²) in [6.45, 7) is 0. The third-order valence-corrected chi connectivity index (χ3v) is 2.06. The number of nitrogens with one attached hydrogen (secondary N) is 2. The highest BCUT2D eigenvalue weighted by atomic mass is 32.1. The van der Waals surface area contributed by atoms with Crippen LogP contribution in [0.15, 0.2) is 12.1 Å². The van der Waals surface area contributed by atoms with Crippen LogP contribution in [-0.4, -0.2) is 21.0 Å². The minimum atomic E-state index is -1.30. The molecule has 0 amide bonds. The molecule has 1 aromatic carbocycles. The Morgan fingerprint density at radius 3 is 2.79 bits per heavy atom. The van der Waals surface area contributed by atoms with Gasteiger partial charge in [0, 0.05) is 0 Å². The van der Waals surface area contributed by atoms with Gasteiger partial charge in [0.1, 0.15) is 5.52 Å². The molecule has 3 N–H and O–H groups in total. The third kappa shape index (κ3) is 1.20. The van der Waals surface area contributed by atoms with Crippen LogP contribution < -0.4 is 0 Å². The van der Waals surface area contributed by atoms with Gasteiger partial charge in [0.25, 0.3) is 0 Å². The Balaban J connectivity index is 2.87. The number of benzene rings is 1. The number of aromatic carboxylic acids is 1. The molecule has 0 spiro atoms. The lowest BCUT2D eigenvalue weighted by atomic mass is 10.2. The van der Waals surface area contributed by atoms with Crippen LogP contribution in [0, 0.1) is 10.6 Å². The van der Waals surface area contributed by atoms with Crippen molar-refractivity contribution in [2.75, 3.05) is 0 Å². The van der Waals surface area contributed by atoms with E-state index in [1.54, 1.807) is 0 Å². The number of imidazole rings is 1. The Hall–Kier alpha value is -1.69. The number of carboxylic acid groups (broad SMARTS) is 1. The Morgan fingerprint density at radius 1 is 1.43 bits per heavy atom. The van der Waals surface area contributed by atoms with Crippen molar-refractivity contribution in [2.24, 2.45) is 0 Å². The van der Waals surface area contributed by atoms with E-state index in [2.05, 4.69) is 9.97 Å². The molecule has 0 atom stereocenters. The maximum absolute atomic E-state index is 13.5. The van der Waals surface area contributed by atoms with Crippen molar-refractivity contribution in [3.05, 3.63) is 28.3 Å². The number of H-pyrrole nitrogens is 2. The summed E-state index contributed by atoms with van der Waals surface area (Å²) in [5, 5.41) is 8.64. The second kappa shape index (κ2) is 2.91. The highest BCUT2D eigenvalue weighted by molar-refractivity contribution is 7.71. The van der Waals surface area contributed by atoms with Gasteiger partial charge in [0.05, 0.1) is 11.1 Å². The molecule has 4 nitrogen and oxygen atoms in total. The molecule has 1 aromatic heterocycles. The van der Waals surface area contributed by atoms with Gasteiger partial charge in [-0.25, -0.2) is 9.18 Å². The molecule has 0 fully saturated rings. The van der Waals surface area contributed by atoms with Gasteiger partial charge in [-0.15, -0.1) is 0 Å². The van der Waals surface area contributed by atoms with Crippen LogP contribution in [0.1, 0.15) is 10.4 Å². The van der Waals surface area contributed by atoms with E-state index in [9.17, 15) is 9.18 Å². The van der Waals surface area contributed by atoms with Crippen molar-refractivity contribution in [1.82, 2.24) is 9.97 Å². The number of hydrogen-bond acceptors (Lipinski definition) is 2. The number of aromatic nitrogens is 2. The number of hydrogen-bond donors (Lipinski definition) is 3. The van der Waals surface area contributed by atoms with Crippen LogP contribution in [0.2, 0.25) is 0 Å². The van der Waals surface area contributed by atoms with Gasteiger partial charge in [0.15, 0.2) is 10.6 Å². The van der Waals surface area contributed by atoms with Gasteiger partial charge >= 0.3 is 5.97 Å². The number of halogens is 1. The smallest absolute Gasteiger partial charge is 0.338 e. The van der Waals surface area contributed by atoms with Crippen LogP contribution in [0.3, 0.4) is 0 Å². The standard InChI is InChI=1S/C8H5FN2O2S/c9-5-3(7(12)13)1-2-4-6(5)11-8(14)10-4/h1-2H,(H,12,13)(H2,10,11,14). The van der Waals surface area contributed by atoms with Crippen LogP contribution in [0.4, 0.5) is 4.39 Å². The summed E-state index contributed by atoms with van der Waals surface area (Å²) in [7, 11) is 0. The quantitative estimate of drug-likeness (QED) is 0.634. The molecule has 1 heterocycles. The summed E-state index contributed by atoms with van der Waals surface area (Å²) in [4.78, 5) is 15.8. The minimum Gasteiger partial charge on any atom is -0.478 e. The fraction of sp³-hybridized carbons (Fsp3) is 0. The fourth-order valence-corrected chi connectivity index (χ4v) is 1.45. The first-order valence-electron chi connectivity index (χ1n) is 3.73. The van der Waals surface area contributed by atoms with E-state index >= 15 is 0 Å². The van der Waals surface area contributed by atoms with Gasteiger partial charge in [-0.2, -0.15) is 0 Å². The lowest BCUT2D eigenvalue weighted by Gasteiger charge is -1.96. The molecule has 0 radical (unpaired) electrons. The second-order valence-corrected chi connectivity index (χ2v) is 3.14. The first-order valence-corrected chi connectivity index (χ1v) is 4.14. The topological polar surface area (TPSA) is 68.9 Å². The van der Waals surface area contributed by atoms with Crippen LogP contribution in [0.5, 0.6) is 0 Å². The van der Waals surface area contributed by atoms with Crippen molar-refractivity contribution >= 4 is 29.2 Å². The molecule has 6 heteroatoms. The number of rotatable bonds is 1. The summed E-state index contributed by atoms with van der Waals surface area (Å²) < 4.78 is 13.7. The van der Waals surface area contributed by atoms with Gasteiger partial charge in [-0.05, 0) is 24.4 Å². The Bertz CT molecular complexity index is 572. The molecule has 0 unspecified atom stereocenters. The molecular weight excluding hydrogens is 207 g/mol. The zero-order valence-electron chi connectivity index (χ0n) is 6.80. The van der Waals surface area contributed by atoms with E-state index in [1.165, 1.54) is 12.1 Å². The summed E-state index contributed by atoms with van der Waals surface area (Å²) in [6, 6.07) is 2.66. The SMILES string of the molecule is O=C(O)c1ccc2[nH]c(=S)[nH]c2c1F. The maximum Gasteiger partial charge on any atom is 0.338 e. The molecule has 0 aliphatic carbocycles. The zero-order chi connectivity index (χ0) is 10.3. The molecule has 2 aromatic rings. The van der Waals surface area contributed by atoms with E-state index in [0.717, 1.165) is 0 Å². The van der Waals surface area contributed by atoms with Crippen molar-refractivity contribution in [3.63, 3.8) is 0 Å². The normalized spacial score (nSPS) is 10.6. The van der Waals surface area contributed by atoms with Crippen LogP contribution in [-0.2, 0) is 0 Å². The van der Waals surface area contributed by atoms with Gasteiger partial charge < -0.3 is 15.1 Å². The van der Waals surface area contributed by atoms with Crippen molar-refractivity contribution in [2.45, 2.75) is 0 Å². The van der Waals surface area contributed by atoms with Crippen LogP contribution >= 0.6 is 12.2 Å². The molecule has 0 aliphatic rings. The number of carboxylic acids is 1. The highest BCUT2D eigenvalue weighted by Gasteiger charge is 2.14. The van der Waals surface area contributed by atoms with Crippen LogP contribution in [0.25, 0.3) is 11.0 Å². The predicted molar refractivity (Wildman–Crippen MR) is 50.4 cm³/mol. The van der Waals surface area contributed by atoms with Gasteiger partial charge in [0.2, 0.25) is 0 Å². The monoisotopic (exact) mass is 212 g/mol. The Labute approximate surface area is 82.4 Å². The number of aromatic amines is 2. The number of carbonyl (C=O) groups is 1. The largest absolute Gasteiger partial charge is 0.478 e. The van der Waals surface area contributed by atoms with Crippen molar-refractivity contribution in [1.29, 1.82) is 0 Å². The molecule has 14 heavy (non-hydrogen) atoms. The minimum absolute atomic E-state index is 0.0925. The average Bonchev–Trinajstić information content (AvgIpc) is 2.46. The number of fused-ring (bicyclic) bond motifs is 1. The lowest BCUT2D eigenvalue weighted by molar-refractivity contribution is 0.0692. The summed E-state index contributed by atoms with van der Waals surface area (Å²) >= 11 is 4.76. The molecule has 2 rings (SSSR count). The lowest BCUT2D eigenvalue weighted by Crippen LogP contribution is -2.00. The van der Waals surface area contributed by atoms with E-state index < -0.39 is 11.8 Å². The first-order chi connectivity index (χ1) is 6.59. The molecule has 0 bridgehead atoms.